The number of halogens is 3. The minimum absolute atomic E-state index is 0.0453. The Labute approximate surface area is 278 Å². The lowest BCUT2D eigenvalue weighted by atomic mass is 10.0. The van der Waals surface area contributed by atoms with Crippen molar-refractivity contribution in [1.29, 1.82) is 0 Å². The zero-order valence-electron chi connectivity index (χ0n) is 24.6. The predicted molar refractivity (Wildman–Crippen MR) is 179 cm³/mol. The molecule has 0 bridgehead atoms. The van der Waals surface area contributed by atoms with E-state index in [1.54, 1.807) is 43.3 Å². The highest BCUT2D eigenvalue weighted by molar-refractivity contribution is 7.92. The molecule has 4 aromatic carbocycles. The van der Waals surface area contributed by atoms with Gasteiger partial charge in [0.2, 0.25) is 11.8 Å². The number of benzene rings is 4. The lowest BCUT2D eigenvalue weighted by Crippen LogP contribution is -2.53. The van der Waals surface area contributed by atoms with E-state index < -0.39 is 28.5 Å². The monoisotopic (exact) mass is 687 g/mol. The molecule has 45 heavy (non-hydrogen) atoms. The van der Waals surface area contributed by atoms with Crippen molar-refractivity contribution >= 4 is 62.3 Å². The first-order chi connectivity index (χ1) is 21.5. The highest BCUT2D eigenvalue weighted by atomic mass is 35.5. The van der Waals surface area contributed by atoms with Gasteiger partial charge < -0.3 is 15.0 Å². The van der Waals surface area contributed by atoms with Crippen LogP contribution in [0.15, 0.2) is 102 Å². The SMILES string of the molecule is CCNC(=O)[C@@H](Cc1ccccc1)N(Cc1ccc(Cl)c(Cl)c1)C(=O)CN(c1cccc(Cl)c1)S(=O)(=O)c1ccc(OC)cc1. The Balaban J connectivity index is 1.81. The number of carbonyl (C=O) groups is 2. The van der Waals surface area contributed by atoms with Crippen LogP contribution in [0, 0.1) is 0 Å². The summed E-state index contributed by atoms with van der Waals surface area (Å²) in [5.74, 6) is -0.537. The van der Waals surface area contributed by atoms with E-state index >= 15 is 0 Å². The average molecular weight is 689 g/mol. The van der Waals surface area contributed by atoms with Crippen molar-refractivity contribution in [2.75, 3.05) is 24.5 Å². The van der Waals surface area contributed by atoms with Crippen molar-refractivity contribution in [2.24, 2.45) is 0 Å². The molecule has 236 valence electrons. The average Bonchev–Trinajstić information content (AvgIpc) is 3.03. The van der Waals surface area contributed by atoms with Gasteiger partial charge in [0.25, 0.3) is 10.0 Å². The zero-order valence-corrected chi connectivity index (χ0v) is 27.7. The van der Waals surface area contributed by atoms with Gasteiger partial charge in [0.1, 0.15) is 18.3 Å². The molecular weight excluding hydrogens is 657 g/mol. The minimum atomic E-state index is -4.29. The third kappa shape index (κ3) is 8.70. The first-order valence-electron chi connectivity index (χ1n) is 14.0. The van der Waals surface area contributed by atoms with Crippen LogP contribution in [0.2, 0.25) is 15.1 Å². The zero-order chi connectivity index (χ0) is 32.6. The highest BCUT2D eigenvalue weighted by Gasteiger charge is 2.34. The van der Waals surface area contributed by atoms with Gasteiger partial charge in [-0.3, -0.25) is 13.9 Å². The van der Waals surface area contributed by atoms with Gasteiger partial charge in [-0.05, 0) is 72.6 Å². The summed E-state index contributed by atoms with van der Waals surface area (Å²) in [5, 5.41) is 3.72. The second-order valence-electron chi connectivity index (χ2n) is 10.0. The van der Waals surface area contributed by atoms with Gasteiger partial charge in [-0.1, -0.05) is 77.3 Å². The Morgan fingerprint density at radius 2 is 1.56 bits per heavy atom. The molecule has 1 N–H and O–H groups in total. The molecule has 0 heterocycles. The van der Waals surface area contributed by atoms with Crippen LogP contribution in [-0.2, 0) is 32.6 Å². The number of ether oxygens (including phenoxy) is 1. The number of hydrogen-bond acceptors (Lipinski definition) is 5. The van der Waals surface area contributed by atoms with E-state index in [0.29, 0.717) is 22.9 Å². The molecule has 1 atom stereocenters. The molecule has 0 unspecified atom stereocenters. The Morgan fingerprint density at radius 1 is 0.844 bits per heavy atom. The number of likely N-dealkylation sites (N-methyl/N-ethyl adjacent to an activating group) is 1. The molecule has 4 rings (SSSR count). The van der Waals surface area contributed by atoms with Crippen molar-refractivity contribution in [3.05, 3.63) is 123 Å². The van der Waals surface area contributed by atoms with E-state index in [9.17, 15) is 18.0 Å². The largest absolute Gasteiger partial charge is 0.497 e. The third-order valence-electron chi connectivity index (χ3n) is 6.98. The van der Waals surface area contributed by atoms with Gasteiger partial charge in [0, 0.05) is 24.5 Å². The molecular formula is C33H32Cl3N3O5S. The first-order valence-corrected chi connectivity index (χ1v) is 16.6. The summed E-state index contributed by atoms with van der Waals surface area (Å²) in [4.78, 5) is 29.3. The maximum Gasteiger partial charge on any atom is 0.264 e. The normalized spacial score (nSPS) is 11.8. The number of sulfonamides is 1. The predicted octanol–water partition coefficient (Wildman–Crippen LogP) is 6.63. The van der Waals surface area contributed by atoms with E-state index in [1.807, 2.05) is 30.3 Å². The van der Waals surface area contributed by atoms with E-state index in [0.717, 1.165) is 9.87 Å². The molecule has 0 spiro atoms. The number of carbonyl (C=O) groups excluding carboxylic acids is 2. The standard InChI is InChI=1S/C33H32Cl3N3O5S/c1-3-37-33(41)31(19-23-8-5-4-6-9-23)38(21-24-12-17-29(35)30(36)18-24)32(40)22-39(26-11-7-10-25(34)20-26)45(42,43)28-15-13-27(44-2)14-16-28/h4-18,20,31H,3,19,21-22H2,1-2H3,(H,37,41)/t31-/m1/s1. The van der Waals surface area contributed by atoms with Crippen LogP contribution < -0.4 is 14.4 Å². The Morgan fingerprint density at radius 3 is 2.18 bits per heavy atom. The summed E-state index contributed by atoms with van der Waals surface area (Å²) < 4.78 is 34.4. The van der Waals surface area contributed by atoms with Crippen LogP contribution in [-0.4, -0.2) is 51.4 Å². The maximum atomic E-state index is 14.4. The van der Waals surface area contributed by atoms with Gasteiger partial charge >= 0.3 is 0 Å². The van der Waals surface area contributed by atoms with E-state index in [1.165, 1.54) is 42.3 Å². The molecule has 0 aliphatic heterocycles. The summed E-state index contributed by atoms with van der Waals surface area (Å²) in [6, 6.07) is 25.3. The fourth-order valence-corrected chi connectivity index (χ4v) is 6.63. The molecule has 0 saturated carbocycles. The third-order valence-corrected chi connectivity index (χ3v) is 9.74. The summed E-state index contributed by atoms with van der Waals surface area (Å²) in [6.07, 6.45) is 0.183. The number of methoxy groups -OCH3 is 1. The van der Waals surface area contributed by atoms with Crippen LogP contribution in [0.5, 0.6) is 5.75 Å². The number of amides is 2. The molecule has 0 aliphatic rings. The van der Waals surface area contributed by atoms with E-state index in [4.69, 9.17) is 39.5 Å². The van der Waals surface area contributed by atoms with Gasteiger partial charge in [-0.25, -0.2) is 8.42 Å². The molecule has 12 heteroatoms. The lowest BCUT2D eigenvalue weighted by Gasteiger charge is -2.34. The van der Waals surface area contributed by atoms with Crippen LogP contribution in [0.25, 0.3) is 0 Å². The van der Waals surface area contributed by atoms with Crippen molar-refractivity contribution in [1.82, 2.24) is 10.2 Å². The Hall–Kier alpha value is -3.76. The summed E-state index contributed by atoms with van der Waals surface area (Å²) in [5.41, 5.74) is 1.60. The first kappa shape index (κ1) is 34.1. The van der Waals surface area contributed by atoms with Crippen molar-refractivity contribution in [3.63, 3.8) is 0 Å². The summed E-state index contributed by atoms with van der Waals surface area (Å²) >= 11 is 18.7. The number of nitrogens with zero attached hydrogens (tertiary/aromatic N) is 2. The van der Waals surface area contributed by atoms with Crippen LogP contribution in [0.3, 0.4) is 0 Å². The van der Waals surface area contributed by atoms with Crippen molar-refractivity contribution in [3.8, 4) is 5.75 Å². The molecule has 4 aromatic rings. The van der Waals surface area contributed by atoms with Crippen molar-refractivity contribution in [2.45, 2.75) is 30.8 Å². The smallest absolute Gasteiger partial charge is 0.264 e. The van der Waals surface area contributed by atoms with Gasteiger partial charge in [-0.2, -0.15) is 0 Å². The molecule has 0 radical (unpaired) electrons. The topological polar surface area (TPSA) is 96.0 Å². The van der Waals surface area contributed by atoms with Crippen LogP contribution >= 0.6 is 34.8 Å². The van der Waals surface area contributed by atoms with Gasteiger partial charge in [-0.15, -0.1) is 0 Å². The minimum Gasteiger partial charge on any atom is -0.497 e. The summed E-state index contributed by atoms with van der Waals surface area (Å²) in [7, 11) is -2.82. The molecule has 0 aliphatic carbocycles. The number of hydrogen-bond donors (Lipinski definition) is 1. The van der Waals surface area contributed by atoms with Gasteiger partial charge in [0.15, 0.2) is 0 Å². The molecule has 2 amide bonds. The van der Waals surface area contributed by atoms with Crippen LogP contribution in [0.1, 0.15) is 18.1 Å². The number of rotatable bonds is 13. The molecule has 0 fully saturated rings. The Kier molecular flexibility index (Phi) is 11.7. The quantitative estimate of drug-likeness (QED) is 0.170. The fraction of sp³-hybridized carbons (Fsp3) is 0.212. The lowest BCUT2D eigenvalue weighted by molar-refractivity contribution is -0.140. The van der Waals surface area contributed by atoms with E-state index in [2.05, 4.69) is 5.32 Å². The van der Waals surface area contributed by atoms with E-state index in [-0.39, 0.29) is 39.5 Å². The molecule has 0 aromatic heterocycles. The fourth-order valence-electron chi connectivity index (χ4n) is 4.72. The van der Waals surface area contributed by atoms with Gasteiger partial charge in [0.05, 0.1) is 27.7 Å². The highest BCUT2D eigenvalue weighted by Crippen LogP contribution is 2.29. The second kappa shape index (κ2) is 15.5. The molecule has 8 nitrogen and oxygen atoms in total. The Bertz CT molecular complexity index is 1740. The summed E-state index contributed by atoms with van der Waals surface area (Å²) in [6.45, 7) is 1.45. The maximum absolute atomic E-state index is 14.4. The van der Waals surface area contributed by atoms with Crippen LogP contribution in [0.4, 0.5) is 5.69 Å². The molecule has 0 saturated heterocycles. The second-order valence-corrected chi connectivity index (χ2v) is 13.2. The number of nitrogens with one attached hydrogen (secondary N) is 1. The number of anilines is 1. The van der Waals surface area contributed by atoms with Crippen molar-refractivity contribution < 1.29 is 22.7 Å².